The SMILES string of the molecule is CC1(C2CCNc3c4cccnc4nn32)CC1. The van der Waals surface area contributed by atoms with Crippen LogP contribution in [-0.4, -0.2) is 21.3 Å². The van der Waals surface area contributed by atoms with Gasteiger partial charge in [0.1, 0.15) is 5.82 Å². The first-order valence-corrected chi connectivity index (χ1v) is 6.35. The largest absolute Gasteiger partial charge is 0.370 e. The highest BCUT2D eigenvalue weighted by Crippen LogP contribution is 2.56. The zero-order valence-corrected chi connectivity index (χ0v) is 9.98. The van der Waals surface area contributed by atoms with Crippen LogP contribution in [0.3, 0.4) is 0 Å². The van der Waals surface area contributed by atoms with E-state index in [2.05, 4.69) is 33.1 Å². The molecule has 3 heterocycles. The van der Waals surface area contributed by atoms with Crippen molar-refractivity contribution in [3.8, 4) is 0 Å². The standard InChI is InChI=1S/C13H16N4/c1-13(5-6-13)10-4-8-15-12-9-3-2-7-14-11(9)16-17(10)12/h2-3,7,10,15H,4-6,8H2,1H3. The van der Waals surface area contributed by atoms with E-state index >= 15 is 0 Å². The van der Waals surface area contributed by atoms with Crippen LogP contribution in [0.15, 0.2) is 18.3 Å². The second-order valence-electron chi connectivity index (χ2n) is 5.55. The molecule has 4 rings (SSSR count). The van der Waals surface area contributed by atoms with Gasteiger partial charge in [-0.05, 0) is 36.8 Å². The Morgan fingerprint density at radius 1 is 1.47 bits per heavy atom. The molecule has 1 saturated carbocycles. The summed E-state index contributed by atoms with van der Waals surface area (Å²) in [5.74, 6) is 1.16. The van der Waals surface area contributed by atoms with Gasteiger partial charge < -0.3 is 5.32 Å². The third kappa shape index (κ3) is 1.24. The average Bonchev–Trinajstić information content (AvgIpc) is 2.99. The summed E-state index contributed by atoms with van der Waals surface area (Å²) in [6, 6.07) is 4.63. The van der Waals surface area contributed by atoms with Crippen molar-refractivity contribution in [3.63, 3.8) is 0 Å². The molecule has 17 heavy (non-hydrogen) atoms. The Kier molecular flexibility index (Phi) is 1.67. The zero-order valence-electron chi connectivity index (χ0n) is 9.98. The second-order valence-corrected chi connectivity index (χ2v) is 5.55. The Morgan fingerprint density at radius 3 is 3.18 bits per heavy atom. The van der Waals surface area contributed by atoms with Crippen LogP contribution in [0, 0.1) is 5.41 Å². The fourth-order valence-electron chi connectivity index (χ4n) is 2.96. The minimum atomic E-state index is 0.471. The van der Waals surface area contributed by atoms with E-state index < -0.39 is 0 Å². The molecule has 1 aliphatic heterocycles. The minimum absolute atomic E-state index is 0.471. The number of rotatable bonds is 1. The van der Waals surface area contributed by atoms with E-state index in [-0.39, 0.29) is 0 Å². The fraction of sp³-hybridized carbons (Fsp3) is 0.538. The third-order valence-electron chi connectivity index (χ3n) is 4.32. The topological polar surface area (TPSA) is 42.7 Å². The van der Waals surface area contributed by atoms with Gasteiger partial charge in [0, 0.05) is 12.7 Å². The maximum absolute atomic E-state index is 4.68. The lowest BCUT2D eigenvalue weighted by atomic mass is 9.95. The smallest absolute Gasteiger partial charge is 0.183 e. The molecule has 0 saturated heterocycles. The van der Waals surface area contributed by atoms with Crippen LogP contribution in [0.25, 0.3) is 11.0 Å². The number of nitrogens with one attached hydrogen (secondary N) is 1. The molecule has 88 valence electrons. The Hall–Kier alpha value is -1.58. The normalized spacial score (nSPS) is 25.4. The lowest BCUT2D eigenvalue weighted by Crippen LogP contribution is -2.28. The van der Waals surface area contributed by atoms with Crippen molar-refractivity contribution in [1.82, 2.24) is 14.8 Å². The predicted octanol–water partition coefficient (Wildman–Crippen LogP) is 2.59. The Labute approximate surface area is 100 Å². The van der Waals surface area contributed by atoms with Gasteiger partial charge in [0.15, 0.2) is 5.65 Å². The van der Waals surface area contributed by atoms with Gasteiger partial charge in [-0.2, -0.15) is 5.10 Å². The highest BCUT2D eigenvalue weighted by Gasteiger charge is 2.47. The van der Waals surface area contributed by atoms with E-state index in [9.17, 15) is 0 Å². The van der Waals surface area contributed by atoms with E-state index in [0.29, 0.717) is 11.5 Å². The Balaban J connectivity index is 1.93. The first-order valence-electron chi connectivity index (χ1n) is 6.35. The summed E-state index contributed by atoms with van der Waals surface area (Å²) in [6.45, 7) is 3.43. The predicted molar refractivity (Wildman–Crippen MR) is 67.0 cm³/mol. The number of hydrogen-bond donors (Lipinski definition) is 1. The highest BCUT2D eigenvalue weighted by molar-refractivity contribution is 5.87. The van der Waals surface area contributed by atoms with Crippen molar-refractivity contribution in [2.75, 3.05) is 11.9 Å². The number of nitrogens with zero attached hydrogens (tertiary/aromatic N) is 3. The fourth-order valence-corrected chi connectivity index (χ4v) is 2.96. The molecular weight excluding hydrogens is 212 g/mol. The van der Waals surface area contributed by atoms with Gasteiger partial charge in [0.25, 0.3) is 0 Å². The van der Waals surface area contributed by atoms with Crippen molar-refractivity contribution in [2.45, 2.75) is 32.2 Å². The van der Waals surface area contributed by atoms with Crippen molar-refractivity contribution in [3.05, 3.63) is 18.3 Å². The van der Waals surface area contributed by atoms with Gasteiger partial charge in [0.2, 0.25) is 0 Å². The van der Waals surface area contributed by atoms with Crippen molar-refractivity contribution < 1.29 is 0 Å². The molecule has 2 aromatic rings. The zero-order chi connectivity index (χ0) is 11.5. The molecule has 1 aliphatic carbocycles. The van der Waals surface area contributed by atoms with Crippen LogP contribution < -0.4 is 5.32 Å². The van der Waals surface area contributed by atoms with Gasteiger partial charge in [-0.3, -0.25) is 0 Å². The minimum Gasteiger partial charge on any atom is -0.370 e. The van der Waals surface area contributed by atoms with Gasteiger partial charge >= 0.3 is 0 Å². The van der Waals surface area contributed by atoms with Gasteiger partial charge in [-0.15, -0.1) is 0 Å². The average molecular weight is 228 g/mol. The monoisotopic (exact) mass is 228 g/mol. The number of hydrogen-bond acceptors (Lipinski definition) is 3. The lowest BCUT2D eigenvalue weighted by Gasteiger charge is -2.30. The maximum Gasteiger partial charge on any atom is 0.183 e. The van der Waals surface area contributed by atoms with Crippen LogP contribution in [0.2, 0.25) is 0 Å². The Morgan fingerprint density at radius 2 is 2.35 bits per heavy atom. The molecule has 0 amide bonds. The molecule has 0 bridgehead atoms. The van der Waals surface area contributed by atoms with Gasteiger partial charge in [0.05, 0.1) is 11.4 Å². The van der Waals surface area contributed by atoms with E-state index in [0.717, 1.165) is 23.4 Å². The summed E-state index contributed by atoms with van der Waals surface area (Å²) < 4.78 is 2.19. The van der Waals surface area contributed by atoms with Crippen LogP contribution >= 0.6 is 0 Å². The molecule has 2 aliphatic rings. The summed E-state index contributed by atoms with van der Waals surface area (Å²) in [5.41, 5.74) is 1.34. The first kappa shape index (κ1) is 9.45. The van der Waals surface area contributed by atoms with Crippen molar-refractivity contribution in [1.29, 1.82) is 0 Å². The molecule has 0 aromatic carbocycles. The third-order valence-corrected chi connectivity index (χ3v) is 4.32. The molecular formula is C13H16N4. The maximum atomic E-state index is 4.68. The van der Waals surface area contributed by atoms with E-state index in [4.69, 9.17) is 0 Å². The molecule has 1 atom stereocenters. The molecule has 4 nitrogen and oxygen atoms in total. The molecule has 1 fully saturated rings. The number of aromatic nitrogens is 3. The summed E-state index contributed by atoms with van der Waals surface area (Å²) in [6.07, 6.45) is 5.66. The molecule has 4 heteroatoms. The molecule has 1 N–H and O–H groups in total. The van der Waals surface area contributed by atoms with Crippen molar-refractivity contribution in [2.24, 2.45) is 5.41 Å². The van der Waals surface area contributed by atoms with E-state index in [1.165, 1.54) is 19.3 Å². The summed E-state index contributed by atoms with van der Waals surface area (Å²) in [5, 5.41) is 9.31. The van der Waals surface area contributed by atoms with Gasteiger partial charge in [-0.1, -0.05) is 6.92 Å². The second kappa shape index (κ2) is 3.00. The summed E-state index contributed by atoms with van der Waals surface area (Å²) in [4.78, 5) is 4.35. The van der Waals surface area contributed by atoms with E-state index in [1.54, 1.807) is 0 Å². The van der Waals surface area contributed by atoms with Crippen LogP contribution in [0.1, 0.15) is 32.2 Å². The van der Waals surface area contributed by atoms with Crippen molar-refractivity contribution >= 4 is 16.9 Å². The van der Waals surface area contributed by atoms with Crippen LogP contribution in [0.5, 0.6) is 0 Å². The molecule has 1 unspecified atom stereocenters. The number of anilines is 1. The summed E-state index contributed by atoms with van der Waals surface area (Å²) in [7, 11) is 0. The van der Waals surface area contributed by atoms with E-state index in [1.807, 2.05) is 12.3 Å². The first-order chi connectivity index (χ1) is 8.28. The highest BCUT2D eigenvalue weighted by atomic mass is 15.4. The number of pyridine rings is 1. The quantitative estimate of drug-likeness (QED) is 0.815. The molecule has 0 radical (unpaired) electrons. The van der Waals surface area contributed by atoms with Gasteiger partial charge in [-0.25, -0.2) is 9.67 Å². The lowest BCUT2D eigenvalue weighted by molar-refractivity contribution is 0.286. The molecule has 2 aromatic heterocycles. The van der Waals surface area contributed by atoms with Crippen LogP contribution in [0.4, 0.5) is 5.82 Å². The number of fused-ring (bicyclic) bond motifs is 3. The molecule has 0 spiro atoms. The van der Waals surface area contributed by atoms with Crippen LogP contribution in [-0.2, 0) is 0 Å². The Bertz CT molecular complexity index is 582. The summed E-state index contributed by atoms with van der Waals surface area (Å²) >= 11 is 0.